The second kappa shape index (κ2) is 9.75. The maximum atomic E-state index is 12.5. The predicted octanol–water partition coefficient (Wildman–Crippen LogP) is 5.46. The van der Waals surface area contributed by atoms with E-state index >= 15 is 0 Å². The summed E-state index contributed by atoms with van der Waals surface area (Å²) in [5, 5.41) is 6.25. The molecule has 2 amide bonds. The van der Waals surface area contributed by atoms with Crippen LogP contribution in [-0.2, 0) is 4.79 Å². The highest BCUT2D eigenvalue weighted by Crippen LogP contribution is 2.30. The molecule has 3 aromatic rings. The lowest BCUT2D eigenvalue weighted by Crippen LogP contribution is -2.19. The molecule has 4 rings (SSSR count). The predicted molar refractivity (Wildman–Crippen MR) is 134 cm³/mol. The van der Waals surface area contributed by atoms with Crippen LogP contribution in [-0.4, -0.2) is 24.1 Å². The first-order chi connectivity index (χ1) is 15.9. The number of thioether (sulfide) groups is 1. The third kappa shape index (κ3) is 5.51. The number of benzene rings is 3. The number of hydrogen-bond acceptors (Lipinski definition) is 5. The first-order valence-electron chi connectivity index (χ1n) is 10.3. The van der Waals surface area contributed by atoms with Crippen molar-refractivity contribution in [1.29, 1.82) is 0 Å². The minimum atomic E-state index is -0.224. The van der Waals surface area contributed by atoms with Gasteiger partial charge in [0.1, 0.15) is 5.75 Å². The Labute approximate surface area is 196 Å². The summed E-state index contributed by atoms with van der Waals surface area (Å²) in [6.45, 7) is 4.00. The summed E-state index contributed by atoms with van der Waals surface area (Å²) in [6, 6.07) is 20.3. The standard InChI is InChI=1S/C26H23N3O3S/c1-16-7-8-17(2)22(13-16)28-26-29-25(31)23(33-26)15-18-5-4-6-20(14-18)27-24(30)19-9-11-21(32-3)12-10-19/h4-15H,1-3H3,(H,27,30)(H,28,29,31). The van der Waals surface area contributed by atoms with Crippen molar-refractivity contribution in [3.63, 3.8) is 0 Å². The number of anilines is 1. The van der Waals surface area contributed by atoms with Gasteiger partial charge >= 0.3 is 0 Å². The third-order valence-electron chi connectivity index (χ3n) is 5.03. The van der Waals surface area contributed by atoms with E-state index in [-0.39, 0.29) is 11.8 Å². The molecule has 2 N–H and O–H groups in total. The molecule has 6 nitrogen and oxygen atoms in total. The highest BCUT2D eigenvalue weighted by molar-refractivity contribution is 8.18. The van der Waals surface area contributed by atoms with Gasteiger partial charge in [0.25, 0.3) is 11.8 Å². The van der Waals surface area contributed by atoms with Crippen LogP contribution < -0.4 is 15.4 Å². The zero-order chi connectivity index (χ0) is 23.4. The molecule has 0 radical (unpaired) electrons. The Morgan fingerprint density at radius 1 is 1.06 bits per heavy atom. The van der Waals surface area contributed by atoms with E-state index in [2.05, 4.69) is 15.6 Å². The van der Waals surface area contributed by atoms with Crippen LogP contribution >= 0.6 is 11.8 Å². The SMILES string of the molecule is COc1ccc(C(=O)Nc2cccc(C=C3SC(=Nc4cc(C)ccc4C)NC3=O)c2)cc1. The molecule has 33 heavy (non-hydrogen) atoms. The van der Waals surface area contributed by atoms with Crippen LogP contribution in [0.3, 0.4) is 0 Å². The highest BCUT2D eigenvalue weighted by atomic mass is 32.2. The molecular weight excluding hydrogens is 434 g/mol. The number of ether oxygens (including phenoxy) is 1. The van der Waals surface area contributed by atoms with Crippen molar-refractivity contribution in [2.75, 3.05) is 12.4 Å². The van der Waals surface area contributed by atoms with E-state index in [0.717, 1.165) is 22.4 Å². The van der Waals surface area contributed by atoms with Crippen LogP contribution in [0.2, 0.25) is 0 Å². The van der Waals surface area contributed by atoms with E-state index in [0.29, 0.717) is 27.1 Å². The monoisotopic (exact) mass is 457 g/mol. The Balaban J connectivity index is 1.49. The number of amidine groups is 1. The number of aryl methyl sites for hydroxylation is 2. The van der Waals surface area contributed by atoms with Gasteiger partial charge in [0, 0.05) is 11.3 Å². The minimum absolute atomic E-state index is 0.197. The number of nitrogens with one attached hydrogen (secondary N) is 2. The molecule has 1 saturated heterocycles. The van der Waals surface area contributed by atoms with E-state index < -0.39 is 0 Å². The molecule has 1 heterocycles. The number of carbonyl (C=O) groups is 2. The maximum absolute atomic E-state index is 12.5. The van der Waals surface area contributed by atoms with E-state index in [1.54, 1.807) is 43.5 Å². The van der Waals surface area contributed by atoms with Crippen LogP contribution in [0.25, 0.3) is 6.08 Å². The average molecular weight is 458 g/mol. The first kappa shape index (κ1) is 22.4. The highest BCUT2D eigenvalue weighted by Gasteiger charge is 2.24. The molecule has 1 aliphatic heterocycles. The third-order valence-corrected chi connectivity index (χ3v) is 5.94. The van der Waals surface area contributed by atoms with Crippen LogP contribution in [0.4, 0.5) is 11.4 Å². The summed E-state index contributed by atoms with van der Waals surface area (Å²) in [6.07, 6.45) is 1.79. The van der Waals surface area contributed by atoms with Crippen molar-refractivity contribution in [2.24, 2.45) is 4.99 Å². The smallest absolute Gasteiger partial charge is 0.264 e. The van der Waals surface area contributed by atoms with Crippen molar-refractivity contribution in [2.45, 2.75) is 13.8 Å². The van der Waals surface area contributed by atoms with Crippen LogP contribution in [0.5, 0.6) is 5.75 Å². The van der Waals surface area contributed by atoms with Crippen molar-refractivity contribution >= 4 is 46.2 Å². The zero-order valence-electron chi connectivity index (χ0n) is 18.5. The van der Waals surface area contributed by atoms with Gasteiger partial charge in [-0.15, -0.1) is 0 Å². The van der Waals surface area contributed by atoms with Crippen LogP contribution in [0.1, 0.15) is 27.0 Å². The molecule has 0 saturated carbocycles. The fourth-order valence-corrected chi connectivity index (χ4v) is 4.07. The van der Waals surface area contributed by atoms with Gasteiger partial charge in [-0.2, -0.15) is 0 Å². The maximum Gasteiger partial charge on any atom is 0.264 e. The molecular formula is C26H23N3O3S. The van der Waals surface area contributed by atoms with Crippen LogP contribution in [0.15, 0.2) is 76.6 Å². The number of rotatable bonds is 5. The topological polar surface area (TPSA) is 79.8 Å². The summed E-state index contributed by atoms with van der Waals surface area (Å²) in [5.41, 5.74) is 4.95. The molecule has 0 unspecified atom stereocenters. The van der Waals surface area contributed by atoms with E-state index in [9.17, 15) is 9.59 Å². The first-order valence-corrected chi connectivity index (χ1v) is 11.2. The lowest BCUT2D eigenvalue weighted by atomic mass is 10.1. The van der Waals surface area contributed by atoms with Gasteiger partial charge < -0.3 is 15.4 Å². The fourth-order valence-electron chi connectivity index (χ4n) is 3.23. The van der Waals surface area contributed by atoms with Gasteiger partial charge in [0.05, 0.1) is 17.7 Å². The van der Waals surface area contributed by atoms with Crippen molar-refractivity contribution in [3.8, 4) is 5.75 Å². The average Bonchev–Trinajstić information content (AvgIpc) is 3.15. The van der Waals surface area contributed by atoms with Crippen molar-refractivity contribution in [1.82, 2.24) is 5.32 Å². The molecule has 0 bridgehead atoms. The lowest BCUT2D eigenvalue weighted by molar-refractivity contribution is -0.115. The Bertz CT molecular complexity index is 1280. The van der Waals surface area contributed by atoms with Gasteiger partial charge in [0.15, 0.2) is 5.17 Å². The van der Waals surface area contributed by atoms with Crippen LogP contribution in [0, 0.1) is 13.8 Å². The second-order valence-electron chi connectivity index (χ2n) is 7.58. The Morgan fingerprint density at radius 3 is 2.61 bits per heavy atom. The number of aliphatic imine (C=N–C) groups is 1. The molecule has 0 spiro atoms. The number of carbonyl (C=O) groups excluding carboxylic acids is 2. The summed E-state index contributed by atoms with van der Waals surface area (Å²) < 4.78 is 5.13. The number of amides is 2. The van der Waals surface area contributed by atoms with E-state index in [4.69, 9.17) is 4.74 Å². The van der Waals surface area contributed by atoms with E-state index in [1.807, 2.05) is 50.2 Å². The second-order valence-corrected chi connectivity index (χ2v) is 8.61. The molecule has 3 aromatic carbocycles. The van der Waals surface area contributed by atoms with Crippen molar-refractivity contribution in [3.05, 3.63) is 93.9 Å². The quantitative estimate of drug-likeness (QED) is 0.499. The normalized spacial score (nSPS) is 15.5. The summed E-state index contributed by atoms with van der Waals surface area (Å²) >= 11 is 1.29. The Kier molecular flexibility index (Phi) is 6.60. The van der Waals surface area contributed by atoms with Gasteiger partial charge in [-0.1, -0.05) is 24.3 Å². The lowest BCUT2D eigenvalue weighted by Gasteiger charge is -2.07. The molecule has 166 valence electrons. The molecule has 0 aliphatic carbocycles. The van der Waals surface area contributed by atoms with Gasteiger partial charge in [-0.3, -0.25) is 9.59 Å². The number of hydrogen-bond donors (Lipinski definition) is 2. The molecule has 0 aromatic heterocycles. The molecule has 1 fully saturated rings. The summed E-state index contributed by atoms with van der Waals surface area (Å²) in [7, 11) is 1.58. The number of nitrogens with zero attached hydrogens (tertiary/aromatic N) is 1. The zero-order valence-corrected chi connectivity index (χ0v) is 19.3. The van der Waals surface area contributed by atoms with Gasteiger partial charge in [-0.05, 0) is 90.8 Å². The molecule has 7 heteroatoms. The molecule has 0 atom stereocenters. The summed E-state index contributed by atoms with van der Waals surface area (Å²) in [4.78, 5) is 30.2. The van der Waals surface area contributed by atoms with Crippen molar-refractivity contribution < 1.29 is 14.3 Å². The minimum Gasteiger partial charge on any atom is -0.497 e. The summed E-state index contributed by atoms with van der Waals surface area (Å²) in [5.74, 6) is 0.267. The Morgan fingerprint density at radius 2 is 1.85 bits per heavy atom. The largest absolute Gasteiger partial charge is 0.497 e. The molecule has 1 aliphatic rings. The van der Waals surface area contributed by atoms with Gasteiger partial charge in [0.2, 0.25) is 0 Å². The fraction of sp³-hybridized carbons (Fsp3) is 0.115. The van der Waals surface area contributed by atoms with E-state index in [1.165, 1.54) is 11.8 Å². The number of methoxy groups -OCH3 is 1. The Hall–Kier alpha value is -3.84. The van der Waals surface area contributed by atoms with Gasteiger partial charge in [-0.25, -0.2) is 4.99 Å².